The van der Waals surface area contributed by atoms with Crippen molar-refractivity contribution in [2.75, 3.05) is 26.8 Å². The van der Waals surface area contributed by atoms with Crippen LogP contribution in [0.3, 0.4) is 0 Å². The van der Waals surface area contributed by atoms with Gasteiger partial charge in [-0.2, -0.15) is 0 Å². The predicted molar refractivity (Wildman–Crippen MR) is 68.9 cm³/mol. The fourth-order valence-electron chi connectivity index (χ4n) is 2.73. The van der Waals surface area contributed by atoms with Gasteiger partial charge in [0.25, 0.3) is 0 Å². The summed E-state index contributed by atoms with van der Waals surface area (Å²) in [6.45, 7) is 2.89. The van der Waals surface area contributed by atoms with Gasteiger partial charge in [0.1, 0.15) is 5.92 Å². The summed E-state index contributed by atoms with van der Waals surface area (Å²) in [5.74, 6) is -1.50. The van der Waals surface area contributed by atoms with E-state index in [1.807, 2.05) is 6.92 Å². The molecule has 2 atom stereocenters. The van der Waals surface area contributed by atoms with Gasteiger partial charge >= 0.3 is 12.0 Å². The van der Waals surface area contributed by atoms with E-state index in [0.29, 0.717) is 19.2 Å². The van der Waals surface area contributed by atoms with E-state index in [9.17, 15) is 14.7 Å². The number of nitrogens with zero attached hydrogens (tertiary/aromatic N) is 2. The first-order chi connectivity index (χ1) is 9.06. The Hall–Kier alpha value is -1.30. The first kappa shape index (κ1) is 14.1. The number of hydrogen-bond donors (Lipinski definition) is 1. The molecule has 2 fully saturated rings. The number of rotatable bonds is 4. The van der Waals surface area contributed by atoms with Crippen LogP contribution in [0.15, 0.2) is 0 Å². The molecule has 2 aliphatic rings. The molecule has 0 aromatic heterocycles. The van der Waals surface area contributed by atoms with E-state index in [0.717, 1.165) is 12.8 Å². The molecule has 1 aliphatic heterocycles. The Morgan fingerprint density at radius 2 is 2.00 bits per heavy atom. The molecule has 0 radical (unpaired) electrons. The van der Waals surface area contributed by atoms with Crippen molar-refractivity contribution in [2.45, 2.75) is 38.3 Å². The highest BCUT2D eigenvalue weighted by Crippen LogP contribution is 2.26. The number of hydrogen-bond acceptors (Lipinski definition) is 3. The Kier molecular flexibility index (Phi) is 4.29. The number of carboxylic acids is 1. The molecule has 0 spiro atoms. The van der Waals surface area contributed by atoms with Crippen LogP contribution in [0, 0.1) is 5.92 Å². The third-order valence-corrected chi connectivity index (χ3v) is 4.28. The number of amides is 2. The van der Waals surface area contributed by atoms with Crippen molar-refractivity contribution >= 4 is 12.0 Å². The van der Waals surface area contributed by atoms with Gasteiger partial charge in [0.15, 0.2) is 0 Å². The van der Waals surface area contributed by atoms with E-state index >= 15 is 0 Å². The molecule has 1 aliphatic carbocycles. The molecule has 108 valence electrons. The van der Waals surface area contributed by atoms with Crippen LogP contribution in [0.25, 0.3) is 0 Å². The summed E-state index contributed by atoms with van der Waals surface area (Å²) in [7, 11) is 1.81. The highest BCUT2D eigenvalue weighted by atomic mass is 16.5. The first-order valence-electron chi connectivity index (χ1n) is 6.90. The van der Waals surface area contributed by atoms with Crippen LogP contribution in [0.5, 0.6) is 0 Å². The van der Waals surface area contributed by atoms with Crippen molar-refractivity contribution in [1.29, 1.82) is 0 Å². The topological polar surface area (TPSA) is 70.1 Å². The lowest BCUT2D eigenvalue weighted by Gasteiger charge is -2.39. The maximum atomic E-state index is 12.5. The number of aliphatic carboxylic acids is 1. The maximum absolute atomic E-state index is 12.5. The van der Waals surface area contributed by atoms with Crippen LogP contribution in [0.1, 0.15) is 26.2 Å². The van der Waals surface area contributed by atoms with E-state index in [-0.39, 0.29) is 18.7 Å². The van der Waals surface area contributed by atoms with Gasteiger partial charge in [-0.15, -0.1) is 0 Å². The van der Waals surface area contributed by atoms with Crippen LogP contribution >= 0.6 is 0 Å². The Labute approximate surface area is 113 Å². The number of urea groups is 1. The zero-order valence-corrected chi connectivity index (χ0v) is 11.5. The van der Waals surface area contributed by atoms with Crippen LogP contribution in [0.4, 0.5) is 4.79 Å². The lowest BCUT2D eigenvalue weighted by atomic mass is 9.92. The Morgan fingerprint density at radius 3 is 2.47 bits per heavy atom. The summed E-state index contributed by atoms with van der Waals surface area (Å²) in [4.78, 5) is 27.1. The minimum absolute atomic E-state index is 0.0750. The van der Waals surface area contributed by atoms with Crippen molar-refractivity contribution < 1.29 is 19.4 Å². The van der Waals surface area contributed by atoms with Crippen LogP contribution in [-0.4, -0.2) is 65.8 Å². The van der Waals surface area contributed by atoms with Gasteiger partial charge in [0.2, 0.25) is 0 Å². The van der Waals surface area contributed by atoms with Crippen LogP contribution < -0.4 is 0 Å². The van der Waals surface area contributed by atoms with Crippen LogP contribution in [-0.2, 0) is 9.53 Å². The maximum Gasteiger partial charge on any atom is 0.320 e. The fraction of sp³-hybridized carbons (Fsp3) is 0.846. The molecule has 2 unspecified atom stereocenters. The molecule has 1 heterocycles. The second-order valence-electron chi connectivity index (χ2n) is 5.31. The molecular weight excluding hydrogens is 248 g/mol. The molecule has 19 heavy (non-hydrogen) atoms. The summed E-state index contributed by atoms with van der Waals surface area (Å²) in [5.41, 5.74) is 0. The molecule has 6 heteroatoms. The molecule has 2 rings (SSSR count). The minimum Gasteiger partial charge on any atom is -0.481 e. The Morgan fingerprint density at radius 1 is 1.32 bits per heavy atom. The zero-order valence-electron chi connectivity index (χ0n) is 11.5. The Balaban J connectivity index is 2.05. The summed E-state index contributed by atoms with van der Waals surface area (Å²) in [6.07, 6.45) is 3.26. The standard InChI is InChI=1S/C13H22N2O4/c1-3-15(11-8-19-7-10(11)12(16)17)13(18)14(2)9-5-4-6-9/h9-11H,3-8H2,1-2H3,(H,16,17). The van der Waals surface area contributed by atoms with E-state index < -0.39 is 11.9 Å². The minimum atomic E-state index is -0.889. The van der Waals surface area contributed by atoms with Crippen molar-refractivity contribution in [1.82, 2.24) is 9.80 Å². The normalized spacial score (nSPS) is 26.8. The predicted octanol–water partition coefficient (Wildman–Crippen LogP) is 1.01. The molecule has 0 aromatic carbocycles. The van der Waals surface area contributed by atoms with Gasteiger partial charge in [-0.3, -0.25) is 4.79 Å². The lowest BCUT2D eigenvalue weighted by Crippen LogP contribution is -2.54. The summed E-state index contributed by atoms with van der Waals surface area (Å²) in [6, 6.07) is -0.112. The van der Waals surface area contributed by atoms with Crippen molar-refractivity contribution in [3.63, 3.8) is 0 Å². The van der Waals surface area contributed by atoms with Gasteiger partial charge in [-0.05, 0) is 26.2 Å². The van der Waals surface area contributed by atoms with E-state index in [2.05, 4.69) is 0 Å². The molecule has 2 amide bonds. The lowest BCUT2D eigenvalue weighted by molar-refractivity contribution is -0.142. The largest absolute Gasteiger partial charge is 0.481 e. The number of carboxylic acid groups (broad SMARTS) is 1. The van der Waals surface area contributed by atoms with Crippen molar-refractivity contribution in [2.24, 2.45) is 5.92 Å². The molecule has 1 N–H and O–H groups in total. The highest BCUT2D eigenvalue weighted by molar-refractivity contribution is 5.77. The summed E-state index contributed by atoms with van der Waals surface area (Å²) in [5, 5.41) is 9.18. The average Bonchev–Trinajstić information content (AvgIpc) is 2.76. The zero-order chi connectivity index (χ0) is 14.0. The van der Waals surface area contributed by atoms with Crippen molar-refractivity contribution in [3.05, 3.63) is 0 Å². The fourth-order valence-corrected chi connectivity index (χ4v) is 2.73. The second-order valence-corrected chi connectivity index (χ2v) is 5.31. The molecule has 0 bridgehead atoms. The molecule has 1 saturated carbocycles. The summed E-state index contributed by atoms with van der Waals surface area (Å²) < 4.78 is 5.25. The number of ether oxygens (including phenoxy) is 1. The third kappa shape index (κ3) is 2.68. The van der Waals surface area contributed by atoms with Gasteiger partial charge in [0, 0.05) is 19.6 Å². The van der Waals surface area contributed by atoms with Crippen LogP contribution in [0.2, 0.25) is 0 Å². The molecule has 1 saturated heterocycles. The van der Waals surface area contributed by atoms with E-state index in [1.165, 1.54) is 6.42 Å². The molecule has 6 nitrogen and oxygen atoms in total. The number of carbonyl (C=O) groups excluding carboxylic acids is 1. The number of carbonyl (C=O) groups is 2. The van der Waals surface area contributed by atoms with Gasteiger partial charge in [-0.25, -0.2) is 4.79 Å². The monoisotopic (exact) mass is 270 g/mol. The second kappa shape index (κ2) is 5.77. The highest BCUT2D eigenvalue weighted by Gasteiger charge is 2.41. The van der Waals surface area contributed by atoms with Gasteiger partial charge < -0.3 is 19.6 Å². The average molecular weight is 270 g/mol. The van der Waals surface area contributed by atoms with E-state index in [4.69, 9.17) is 4.74 Å². The quantitative estimate of drug-likeness (QED) is 0.827. The van der Waals surface area contributed by atoms with Gasteiger partial charge in [0.05, 0.1) is 19.3 Å². The SMILES string of the molecule is CCN(C(=O)N(C)C1CCC1)C1COCC1C(=O)O. The van der Waals surface area contributed by atoms with Crippen molar-refractivity contribution in [3.8, 4) is 0 Å². The Bertz CT molecular complexity index is 357. The van der Waals surface area contributed by atoms with Gasteiger partial charge in [-0.1, -0.05) is 0 Å². The molecule has 0 aromatic rings. The summed E-state index contributed by atoms with van der Waals surface area (Å²) >= 11 is 0. The first-order valence-corrected chi connectivity index (χ1v) is 6.90. The molecular formula is C13H22N2O4. The smallest absolute Gasteiger partial charge is 0.320 e. The van der Waals surface area contributed by atoms with E-state index in [1.54, 1.807) is 16.8 Å². The number of likely N-dealkylation sites (N-methyl/N-ethyl adjacent to an activating group) is 1. The third-order valence-electron chi connectivity index (χ3n) is 4.28.